The van der Waals surface area contributed by atoms with Gasteiger partial charge in [-0.25, -0.2) is 0 Å². The summed E-state index contributed by atoms with van der Waals surface area (Å²) in [6.45, 7) is 9.89. The van der Waals surface area contributed by atoms with Gasteiger partial charge in [0.05, 0.1) is 12.7 Å². The van der Waals surface area contributed by atoms with Crippen molar-refractivity contribution in [2.45, 2.75) is 25.9 Å². The van der Waals surface area contributed by atoms with Crippen LogP contribution in [0, 0.1) is 0 Å². The molecule has 0 spiro atoms. The highest BCUT2D eigenvalue weighted by molar-refractivity contribution is 4.73. The quantitative estimate of drug-likeness (QED) is 0.677. The van der Waals surface area contributed by atoms with E-state index in [-0.39, 0.29) is 0 Å². The van der Waals surface area contributed by atoms with Crippen LogP contribution in [-0.4, -0.2) is 75.9 Å². The summed E-state index contributed by atoms with van der Waals surface area (Å²) in [5.74, 6) is 0. The number of likely N-dealkylation sites (N-methyl/N-ethyl adjacent to an activating group) is 1. The number of nitrogens with one attached hydrogen (secondary N) is 1. The third kappa shape index (κ3) is 6.36. The Balaban J connectivity index is 2.09. The van der Waals surface area contributed by atoms with Gasteiger partial charge < -0.3 is 15.0 Å². The highest BCUT2D eigenvalue weighted by Gasteiger charge is 2.19. The molecule has 102 valence electrons. The molecule has 17 heavy (non-hydrogen) atoms. The average molecular weight is 243 g/mol. The molecule has 0 radical (unpaired) electrons. The Hall–Kier alpha value is -0.160. The Kier molecular flexibility index (Phi) is 7.77. The van der Waals surface area contributed by atoms with Gasteiger partial charge in [-0.05, 0) is 46.6 Å². The summed E-state index contributed by atoms with van der Waals surface area (Å²) in [6.07, 6.45) is 2.89. The number of hydrogen-bond donors (Lipinski definition) is 1. The molecule has 1 heterocycles. The zero-order valence-corrected chi connectivity index (χ0v) is 11.7. The molecule has 1 atom stereocenters. The Morgan fingerprint density at radius 1 is 1.41 bits per heavy atom. The zero-order chi connectivity index (χ0) is 12.5. The Labute approximate surface area is 106 Å². The number of ether oxygens (including phenoxy) is 1. The van der Waals surface area contributed by atoms with Gasteiger partial charge in [-0.15, -0.1) is 0 Å². The van der Waals surface area contributed by atoms with Crippen molar-refractivity contribution in [1.29, 1.82) is 0 Å². The Morgan fingerprint density at radius 3 is 2.94 bits per heavy atom. The minimum Gasteiger partial charge on any atom is -0.374 e. The second-order valence-corrected chi connectivity index (χ2v) is 5.01. The SMILES string of the molecule is CCCN(C)CCCN1CCO[C@H](CNC)C1. The summed E-state index contributed by atoms with van der Waals surface area (Å²) in [7, 11) is 4.20. The van der Waals surface area contributed by atoms with Crippen LogP contribution in [0.3, 0.4) is 0 Å². The van der Waals surface area contributed by atoms with Gasteiger partial charge in [-0.3, -0.25) is 4.90 Å². The van der Waals surface area contributed by atoms with Crippen molar-refractivity contribution < 1.29 is 4.74 Å². The molecule has 1 aliphatic heterocycles. The van der Waals surface area contributed by atoms with E-state index in [1.54, 1.807) is 0 Å². The summed E-state index contributed by atoms with van der Waals surface area (Å²) in [5, 5.41) is 3.19. The predicted molar refractivity (Wildman–Crippen MR) is 72.5 cm³/mol. The van der Waals surface area contributed by atoms with Crippen molar-refractivity contribution >= 4 is 0 Å². The van der Waals surface area contributed by atoms with Crippen molar-refractivity contribution in [1.82, 2.24) is 15.1 Å². The van der Waals surface area contributed by atoms with Crippen LogP contribution in [0.2, 0.25) is 0 Å². The number of nitrogens with zero attached hydrogens (tertiary/aromatic N) is 2. The first-order chi connectivity index (χ1) is 8.26. The van der Waals surface area contributed by atoms with Gasteiger partial charge in [0, 0.05) is 19.6 Å². The molecule has 1 fully saturated rings. The van der Waals surface area contributed by atoms with E-state index < -0.39 is 0 Å². The Bertz CT molecular complexity index is 188. The lowest BCUT2D eigenvalue weighted by Gasteiger charge is -2.33. The predicted octanol–water partition coefficient (Wildman–Crippen LogP) is 0.639. The third-order valence-corrected chi connectivity index (χ3v) is 3.27. The maximum Gasteiger partial charge on any atom is 0.0826 e. The molecule has 0 saturated carbocycles. The van der Waals surface area contributed by atoms with Gasteiger partial charge in [0.1, 0.15) is 0 Å². The first-order valence-electron chi connectivity index (χ1n) is 6.93. The first-order valence-corrected chi connectivity index (χ1v) is 6.93. The van der Waals surface area contributed by atoms with E-state index in [0.717, 1.165) is 26.2 Å². The largest absolute Gasteiger partial charge is 0.374 e. The molecule has 0 unspecified atom stereocenters. The van der Waals surface area contributed by atoms with Gasteiger partial charge >= 0.3 is 0 Å². The van der Waals surface area contributed by atoms with E-state index in [2.05, 4.69) is 29.1 Å². The lowest BCUT2D eigenvalue weighted by atomic mass is 10.2. The van der Waals surface area contributed by atoms with E-state index in [9.17, 15) is 0 Å². The molecule has 4 nitrogen and oxygen atoms in total. The van der Waals surface area contributed by atoms with Crippen molar-refractivity contribution in [3.63, 3.8) is 0 Å². The second-order valence-electron chi connectivity index (χ2n) is 5.01. The van der Waals surface area contributed by atoms with Gasteiger partial charge in [0.2, 0.25) is 0 Å². The number of rotatable bonds is 8. The minimum absolute atomic E-state index is 0.377. The van der Waals surface area contributed by atoms with E-state index in [0.29, 0.717) is 6.10 Å². The van der Waals surface area contributed by atoms with Crippen molar-refractivity contribution in [3.8, 4) is 0 Å². The number of hydrogen-bond acceptors (Lipinski definition) is 4. The lowest BCUT2D eigenvalue weighted by Crippen LogP contribution is -2.46. The molecular formula is C13H29N3O. The van der Waals surface area contributed by atoms with Gasteiger partial charge in [0.25, 0.3) is 0 Å². The van der Waals surface area contributed by atoms with Gasteiger partial charge in [-0.1, -0.05) is 6.92 Å². The maximum absolute atomic E-state index is 5.70. The van der Waals surface area contributed by atoms with E-state index in [1.807, 2.05) is 7.05 Å². The summed E-state index contributed by atoms with van der Waals surface area (Å²) in [6, 6.07) is 0. The van der Waals surface area contributed by atoms with E-state index >= 15 is 0 Å². The third-order valence-electron chi connectivity index (χ3n) is 3.27. The fourth-order valence-electron chi connectivity index (χ4n) is 2.39. The summed E-state index contributed by atoms with van der Waals surface area (Å²) >= 11 is 0. The molecular weight excluding hydrogens is 214 g/mol. The normalized spacial score (nSPS) is 22.2. The molecule has 4 heteroatoms. The molecule has 1 N–H and O–H groups in total. The molecule has 0 aromatic heterocycles. The Morgan fingerprint density at radius 2 is 2.24 bits per heavy atom. The van der Waals surface area contributed by atoms with E-state index in [4.69, 9.17) is 4.74 Å². The maximum atomic E-state index is 5.70. The zero-order valence-electron chi connectivity index (χ0n) is 11.7. The molecule has 1 saturated heterocycles. The molecule has 1 aliphatic rings. The topological polar surface area (TPSA) is 27.7 Å². The summed E-state index contributed by atoms with van der Waals surface area (Å²) in [5.41, 5.74) is 0. The van der Waals surface area contributed by atoms with Gasteiger partial charge in [0.15, 0.2) is 0 Å². The van der Waals surface area contributed by atoms with Crippen LogP contribution in [-0.2, 0) is 4.74 Å². The molecule has 0 bridgehead atoms. The van der Waals surface area contributed by atoms with Crippen LogP contribution >= 0.6 is 0 Å². The highest BCUT2D eigenvalue weighted by atomic mass is 16.5. The standard InChI is InChI=1S/C13H29N3O/c1-4-6-15(3)7-5-8-16-9-10-17-13(12-16)11-14-2/h13-14H,4-12H2,1-3H3/t13-/m1/s1. The van der Waals surface area contributed by atoms with Crippen LogP contribution in [0.4, 0.5) is 0 Å². The van der Waals surface area contributed by atoms with Crippen LogP contribution < -0.4 is 5.32 Å². The summed E-state index contributed by atoms with van der Waals surface area (Å²) in [4.78, 5) is 4.96. The molecule has 1 rings (SSSR count). The van der Waals surface area contributed by atoms with Crippen LogP contribution in [0.5, 0.6) is 0 Å². The molecule has 0 aliphatic carbocycles. The van der Waals surface area contributed by atoms with Crippen LogP contribution in [0.1, 0.15) is 19.8 Å². The van der Waals surface area contributed by atoms with Gasteiger partial charge in [-0.2, -0.15) is 0 Å². The van der Waals surface area contributed by atoms with E-state index in [1.165, 1.54) is 32.5 Å². The fourth-order valence-corrected chi connectivity index (χ4v) is 2.39. The van der Waals surface area contributed by atoms with Crippen molar-refractivity contribution in [2.24, 2.45) is 0 Å². The minimum atomic E-state index is 0.377. The fraction of sp³-hybridized carbons (Fsp3) is 1.00. The van der Waals surface area contributed by atoms with Crippen LogP contribution in [0.25, 0.3) is 0 Å². The lowest BCUT2D eigenvalue weighted by molar-refractivity contribution is -0.0269. The number of morpholine rings is 1. The monoisotopic (exact) mass is 243 g/mol. The smallest absolute Gasteiger partial charge is 0.0826 e. The first kappa shape index (κ1) is 14.9. The molecule has 0 amide bonds. The van der Waals surface area contributed by atoms with Crippen LogP contribution in [0.15, 0.2) is 0 Å². The summed E-state index contributed by atoms with van der Waals surface area (Å²) < 4.78 is 5.70. The second kappa shape index (κ2) is 8.86. The van der Waals surface area contributed by atoms with Crippen molar-refractivity contribution in [2.75, 3.05) is 60.0 Å². The highest BCUT2D eigenvalue weighted by Crippen LogP contribution is 2.05. The molecule has 0 aromatic carbocycles. The van der Waals surface area contributed by atoms with Crippen molar-refractivity contribution in [3.05, 3.63) is 0 Å². The molecule has 0 aromatic rings. The average Bonchev–Trinajstić information content (AvgIpc) is 2.30.